The molecule has 1 aliphatic carbocycles. The van der Waals surface area contributed by atoms with Gasteiger partial charge in [-0.2, -0.15) is 0 Å². The molecule has 47 heavy (non-hydrogen) atoms. The molecule has 1 aliphatic rings. The summed E-state index contributed by atoms with van der Waals surface area (Å²) in [5.41, 5.74) is 1.98. The van der Waals surface area contributed by atoms with Gasteiger partial charge < -0.3 is 23.4 Å². The highest BCUT2D eigenvalue weighted by atomic mass is 35.5. The van der Waals surface area contributed by atoms with Crippen LogP contribution < -0.4 is 4.74 Å². The zero-order valence-corrected chi connectivity index (χ0v) is 34.2. The van der Waals surface area contributed by atoms with Crippen LogP contribution in [0.5, 0.6) is 5.75 Å². The van der Waals surface area contributed by atoms with Gasteiger partial charge >= 0.3 is 5.97 Å². The smallest absolute Gasteiger partial charge is 0.303 e. The van der Waals surface area contributed by atoms with E-state index >= 15 is 0 Å². The van der Waals surface area contributed by atoms with E-state index in [9.17, 15) is 9.90 Å². The Kier molecular flexibility index (Phi) is 15.4. The molecule has 9 heteroatoms. The van der Waals surface area contributed by atoms with Crippen molar-refractivity contribution in [3.8, 4) is 17.6 Å². The van der Waals surface area contributed by atoms with E-state index in [1.54, 1.807) is 7.11 Å². The molecule has 0 amide bonds. The highest BCUT2D eigenvalue weighted by Crippen LogP contribution is 2.51. The van der Waals surface area contributed by atoms with Gasteiger partial charge in [0.25, 0.3) is 0 Å². The van der Waals surface area contributed by atoms with Gasteiger partial charge in [0.05, 0.1) is 12.2 Å². The Labute approximate surface area is 293 Å². The molecule has 1 fully saturated rings. The molecule has 6 atom stereocenters. The molecule has 1 saturated carbocycles. The molecule has 1 aromatic rings. The lowest BCUT2D eigenvalue weighted by atomic mass is 9.85. The molecule has 1 aromatic carbocycles. The summed E-state index contributed by atoms with van der Waals surface area (Å²) >= 11 is 7.36. The van der Waals surface area contributed by atoms with Crippen molar-refractivity contribution in [1.82, 2.24) is 0 Å². The maximum Gasteiger partial charge on any atom is 0.303 e. The number of methoxy groups -OCH3 is 1. The van der Waals surface area contributed by atoms with Crippen molar-refractivity contribution >= 4 is 34.2 Å². The molecule has 0 saturated heterocycles. The second-order valence-corrected chi connectivity index (χ2v) is 26.3. The van der Waals surface area contributed by atoms with Gasteiger partial charge in [-0.1, -0.05) is 78.8 Å². The number of aliphatic carboxylic acids is 1. The van der Waals surface area contributed by atoms with E-state index in [0.29, 0.717) is 19.3 Å². The minimum atomic E-state index is -2.15. The summed E-state index contributed by atoms with van der Waals surface area (Å²) in [5, 5.41) is 9.19. The maximum absolute atomic E-state index is 11.3. The molecule has 0 aromatic heterocycles. The van der Waals surface area contributed by atoms with Gasteiger partial charge in [0.2, 0.25) is 0 Å². The van der Waals surface area contributed by atoms with E-state index in [-0.39, 0.29) is 58.6 Å². The molecule has 2 rings (SSSR count). The van der Waals surface area contributed by atoms with Crippen molar-refractivity contribution in [2.75, 3.05) is 13.9 Å². The van der Waals surface area contributed by atoms with Crippen LogP contribution in [0.1, 0.15) is 98.1 Å². The van der Waals surface area contributed by atoms with Crippen LogP contribution in [0, 0.1) is 23.7 Å². The van der Waals surface area contributed by atoms with Crippen molar-refractivity contribution in [3.05, 3.63) is 41.5 Å². The second-order valence-electron chi connectivity index (χ2n) is 16.2. The van der Waals surface area contributed by atoms with Crippen LogP contribution in [0.3, 0.4) is 0 Å². The van der Waals surface area contributed by atoms with Crippen molar-refractivity contribution < 1.29 is 28.2 Å². The molecule has 0 radical (unpaired) electrons. The molecular formula is C38H63ClO6Si2. The summed E-state index contributed by atoms with van der Waals surface area (Å²) in [6.07, 6.45) is 7.06. The summed E-state index contributed by atoms with van der Waals surface area (Å²) in [4.78, 5) is 11.3. The predicted octanol–water partition coefficient (Wildman–Crippen LogP) is 10.2. The standard InChI is InChI=1S/C38H63ClO6Si2/c1-14-15-18-27(2)32(44-46(10,11)37(3,4)5)24-23-29-33(45-47(12,13)38(6,7)8)25-31(39)35(29)30-21-16-19-28(20-17-22-34(40)41)36(30)43-26-42-9/h16,19,21,23-24,27,29,31-33,35H,17-18,20,22,25-26H2,1-13H3,(H,40,41). The Bertz CT molecular complexity index is 1250. The fourth-order valence-corrected chi connectivity index (χ4v) is 8.78. The number of hydrogen-bond donors (Lipinski definition) is 1. The quantitative estimate of drug-likeness (QED) is 0.0606. The first-order valence-electron chi connectivity index (χ1n) is 17.2. The minimum absolute atomic E-state index is 0.0271. The molecule has 1 N–H and O–H groups in total. The molecule has 0 aliphatic heterocycles. The van der Waals surface area contributed by atoms with E-state index in [4.69, 9.17) is 29.9 Å². The van der Waals surface area contributed by atoms with Crippen LogP contribution >= 0.6 is 11.6 Å². The van der Waals surface area contributed by atoms with Gasteiger partial charge in [-0.05, 0) is 79.5 Å². The van der Waals surface area contributed by atoms with Crippen molar-refractivity contribution in [1.29, 1.82) is 0 Å². The minimum Gasteiger partial charge on any atom is -0.481 e. The first kappa shape index (κ1) is 41.6. The summed E-state index contributed by atoms with van der Waals surface area (Å²) in [5.74, 6) is 6.37. The topological polar surface area (TPSA) is 74.2 Å². The van der Waals surface area contributed by atoms with Gasteiger partial charge in [-0.25, -0.2) is 0 Å². The Morgan fingerprint density at radius 3 is 2.30 bits per heavy atom. The van der Waals surface area contributed by atoms with Crippen LogP contribution in [0.4, 0.5) is 0 Å². The number of benzene rings is 1. The number of alkyl halides is 1. The second kappa shape index (κ2) is 17.4. The fourth-order valence-electron chi connectivity index (χ4n) is 5.59. The third kappa shape index (κ3) is 11.5. The van der Waals surface area contributed by atoms with Gasteiger partial charge in [-0.3, -0.25) is 4.79 Å². The fraction of sp³-hybridized carbons (Fsp3) is 0.711. The lowest BCUT2D eigenvalue weighted by Gasteiger charge is -2.41. The summed E-state index contributed by atoms with van der Waals surface area (Å²) in [7, 11) is -2.64. The van der Waals surface area contributed by atoms with E-state index in [1.807, 2.05) is 19.1 Å². The van der Waals surface area contributed by atoms with Crippen molar-refractivity contribution in [2.45, 2.75) is 147 Å². The van der Waals surface area contributed by atoms with Gasteiger partial charge in [-0.15, -0.1) is 23.4 Å². The summed E-state index contributed by atoms with van der Waals surface area (Å²) < 4.78 is 25.9. The number of hydrogen-bond acceptors (Lipinski definition) is 5. The van der Waals surface area contributed by atoms with E-state index < -0.39 is 22.6 Å². The van der Waals surface area contributed by atoms with E-state index in [0.717, 1.165) is 23.3 Å². The molecule has 0 bridgehead atoms. The lowest BCUT2D eigenvalue weighted by Crippen LogP contribution is -2.45. The Morgan fingerprint density at radius 2 is 1.74 bits per heavy atom. The van der Waals surface area contributed by atoms with Crippen LogP contribution in [0.15, 0.2) is 30.4 Å². The number of halogens is 1. The zero-order valence-electron chi connectivity index (χ0n) is 31.5. The van der Waals surface area contributed by atoms with E-state index in [1.165, 1.54) is 0 Å². The highest BCUT2D eigenvalue weighted by molar-refractivity contribution is 6.74. The number of carboxylic acids is 1. The first-order valence-corrected chi connectivity index (χ1v) is 23.4. The summed E-state index contributed by atoms with van der Waals surface area (Å²) in [6, 6.07) is 6.15. The van der Waals surface area contributed by atoms with Crippen LogP contribution in [0.25, 0.3) is 0 Å². The third-order valence-electron chi connectivity index (χ3n) is 10.5. The monoisotopic (exact) mass is 706 g/mol. The molecule has 0 heterocycles. The Balaban J connectivity index is 2.71. The lowest BCUT2D eigenvalue weighted by molar-refractivity contribution is -0.137. The molecule has 6 unspecified atom stereocenters. The maximum atomic E-state index is 11.3. The van der Waals surface area contributed by atoms with Crippen molar-refractivity contribution in [3.63, 3.8) is 0 Å². The number of ether oxygens (including phenoxy) is 2. The number of rotatable bonds is 16. The molecule has 266 valence electrons. The number of carboxylic acid groups (broad SMARTS) is 1. The number of aryl methyl sites for hydroxylation is 1. The average molecular weight is 708 g/mol. The van der Waals surface area contributed by atoms with Gasteiger partial charge in [0, 0.05) is 37.2 Å². The SMILES string of the molecule is CC#CCC(C)C(C=CC1C(O[Si](C)(C)C(C)(C)C)CC(Cl)C1c1cccc(CCCC(=O)O)c1OCOC)O[Si](C)(C)C(C)(C)C. The predicted molar refractivity (Wildman–Crippen MR) is 201 cm³/mol. The average Bonchev–Trinajstić information content (AvgIpc) is 3.24. The van der Waals surface area contributed by atoms with Crippen molar-refractivity contribution in [2.24, 2.45) is 11.8 Å². The molecular weight excluding hydrogens is 644 g/mol. The van der Waals surface area contributed by atoms with Gasteiger partial charge in [0.15, 0.2) is 23.4 Å². The number of para-hydroxylation sites is 1. The summed E-state index contributed by atoms with van der Waals surface area (Å²) in [6.45, 7) is 27.0. The highest BCUT2D eigenvalue weighted by Gasteiger charge is 2.49. The zero-order chi connectivity index (χ0) is 35.8. The van der Waals surface area contributed by atoms with Crippen LogP contribution in [-0.2, 0) is 24.8 Å². The Morgan fingerprint density at radius 1 is 1.11 bits per heavy atom. The number of carbonyl (C=O) groups is 1. The molecule has 6 nitrogen and oxygen atoms in total. The van der Waals surface area contributed by atoms with E-state index in [2.05, 4.69) is 105 Å². The van der Waals surface area contributed by atoms with Crippen LogP contribution in [0.2, 0.25) is 36.3 Å². The first-order chi connectivity index (χ1) is 21.7. The Hall–Kier alpha value is -1.61. The largest absolute Gasteiger partial charge is 0.481 e. The molecule has 0 spiro atoms. The van der Waals surface area contributed by atoms with Crippen LogP contribution in [-0.4, -0.2) is 59.2 Å². The third-order valence-corrected chi connectivity index (χ3v) is 19.9. The van der Waals surface area contributed by atoms with Gasteiger partial charge in [0.1, 0.15) is 5.75 Å². The normalized spacial score (nSPS) is 22.2.